The third-order valence-corrected chi connectivity index (χ3v) is 8.23. The van der Waals surface area contributed by atoms with Crippen molar-refractivity contribution in [2.45, 2.75) is 63.1 Å². The number of nitrogens with zero attached hydrogens (tertiary/aromatic N) is 4. The Kier molecular flexibility index (Phi) is 7.20. The molecular formula is C28H30F2N6O3S. The van der Waals surface area contributed by atoms with Gasteiger partial charge in [0, 0.05) is 23.7 Å². The van der Waals surface area contributed by atoms with Crippen molar-refractivity contribution >= 4 is 34.9 Å². The lowest BCUT2D eigenvalue weighted by atomic mass is 9.85. The Labute approximate surface area is 235 Å². The summed E-state index contributed by atoms with van der Waals surface area (Å²) in [5.41, 5.74) is 2.49. The molecule has 3 aliphatic rings. The summed E-state index contributed by atoms with van der Waals surface area (Å²) in [6, 6.07) is 9.22. The highest BCUT2D eigenvalue weighted by molar-refractivity contribution is 8.15. The number of benzene rings is 1. The predicted octanol–water partition coefficient (Wildman–Crippen LogP) is 5.26. The van der Waals surface area contributed by atoms with Crippen LogP contribution in [0.4, 0.5) is 13.6 Å². The van der Waals surface area contributed by atoms with Gasteiger partial charge >= 0.3 is 6.09 Å². The summed E-state index contributed by atoms with van der Waals surface area (Å²) in [7, 11) is 0. The van der Waals surface area contributed by atoms with Gasteiger partial charge in [-0.1, -0.05) is 17.8 Å². The highest BCUT2D eigenvalue weighted by Gasteiger charge is 2.71. The number of hydrogen-bond donors (Lipinski definition) is 2. The van der Waals surface area contributed by atoms with Crippen LogP contribution in [-0.2, 0) is 15.1 Å². The van der Waals surface area contributed by atoms with E-state index in [1.165, 1.54) is 48.3 Å². The topological polar surface area (TPSA) is 112 Å². The van der Waals surface area contributed by atoms with Crippen molar-refractivity contribution in [2.75, 3.05) is 6.61 Å². The third kappa shape index (κ3) is 5.47. The number of fused-ring (bicyclic) bond motifs is 1. The molecule has 40 heavy (non-hydrogen) atoms. The number of alkyl carbamates (subject to hydrolysis) is 1. The van der Waals surface area contributed by atoms with Crippen LogP contribution in [-0.4, -0.2) is 44.5 Å². The molecule has 1 unspecified atom stereocenters. The van der Waals surface area contributed by atoms with Gasteiger partial charge in [-0.05, 0) is 76.9 Å². The molecule has 2 N–H and O–H groups in total. The molecule has 1 aromatic carbocycles. The van der Waals surface area contributed by atoms with E-state index >= 15 is 8.78 Å². The van der Waals surface area contributed by atoms with Gasteiger partial charge in [0.2, 0.25) is 0 Å². The zero-order valence-corrected chi connectivity index (χ0v) is 23.6. The van der Waals surface area contributed by atoms with Gasteiger partial charge in [-0.3, -0.25) is 20.1 Å². The van der Waals surface area contributed by atoms with Gasteiger partial charge in [-0.15, -0.1) is 5.17 Å². The molecule has 1 saturated heterocycles. The van der Waals surface area contributed by atoms with Gasteiger partial charge in [0.1, 0.15) is 28.2 Å². The number of pyridine rings is 1. The van der Waals surface area contributed by atoms with Crippen LogP contribution in [0.25, 0.3) is 11.9 Å². The molecule has 3 heterocycles. The Morgan fingerprint density at radius 1 is 1.38 bits per heavy atom. The molecule has 2 fully saturated rings. The molecule has 1 aliphatic carbocycles. The highest BCUT2D eigenvalue weighted by Crippen LogP contribution is 2.67. The SMILES string of the molecule is CC1CON([C@]23C[C@H]2[C@@](C)(c2cc(/C=C(\F)c4ccc(C#N)cn4)ccc2F)N=C(NC(=O)OC(C)(C)C)S3)N1. The fourth-order valence-corrected chi connectivity index (χ4v) is 6.46. The van der Waals surface area contributed by atoms with Crippen molar-refractivity contribution in [1.82, 2.24) is 20.9 Å². The Hall–Kier alpha value is -3.37. The van der Waals surface area contributed by atoms with Crippen molar-refractivity contribution in [1.29, 1.82) is 5.26 Å². The Morgan fingerprint density at radius 2 is 2.15 bits per heavy atom. The molecule has 2 aliphatic heterocycles. The Balaban J connectivity index is 1.51. The second kappa shape index (κ2) is 10.2. The number of nitriles is 1. The monoisotopic (exact) mass is 568 g/mol. The molecule has 4 atom stereocenters. The van der Waals surface area contributed by atoms with E-state index in [-0.39, 0.29) is 28.4 Å². The van der Waals surface area contributed by atoms with E-state index < -0.39 is 33.7 Å². The molecule has 5 rings (SSSR count). The molecule has 210 valence electrons. The average Bonchev–Trinajstić information content (AvgIpc) is 3.48. The number of ether oxygens (including phenoxy) is 1. The van der Waals surface area contributed by atoms with Crippen LogP contribution >= 0.6 is 11.8 Å². The minimum atomic E-state index is -1.12. The van der Waals surface area contributed by atoms with Crippen LogP contribution in [0, 0.1) is 23.1 Å². The van der Waals surface area contributed by atoms with Gasteiger partial charge in [0.25, 0.3) is 0 Å². The first-order valence-corrected chi connectivity index (χ1v) is 13.7. The lowest BCUT2D eigenvalue weighted by Gasteiger charge is -2.38. The standard InChI is InChI=1S/C28H30F2N6O3S/c1-16-15-38-36(35-16)28-12-23(28)27(5,34-24(40-28)33-25(37)39-26(2,3)4)19-10-17(6-8-20(19)29)11-21(30)22-9-7-18(13-31)14-32-22/h6-11,14,16,23,35H,12,15H2,1-5H3,(H,33,34,37)/b21-11-/t16?,23-,27+,28-/m0/s1. The van der Waals surface area contributed by atoms with Crippen LogP contribution in [0.15, 0.2) is 41.5 Å². The summed E-state index contributed by atoms with van der Waals surface area (Å²) >= 11 is 1.33. The van der Waals surface area contributed by atoms with E-state index in [4.69, 9.17) is 19.8 Å². The fourth-order valence-electron chi connectivity index (χ4n) is 4.94. The summed E-state index contributed by atoms with van der Waals surface area (Å²) in [5.74, 6) is -1.33. The fraction of sp³-hybridized carbons (Fsp3) is 0.429. The van der Waals surface area contributed by atoms with Crippen LogP contribution in [0.2, 0.25) is 0 Å². The number of thioether (sulfide) groups is 1. The van der Waals surface area contributed by atoms with E-state index in [0.717, 1.165) is 0 Å². The molecule has 0 spiro atoms. The number of aromatic nitrogens is 1. The highest BCUT2D eigenvalue weighted by atomic mass is 32.2. The number of nitrogens with one attached hydrogen (secondary N) is 2. The number of hydrazine groups is 1. The van der Waals surface area contributed by atoms with Crippen molar-refractivity contribution < 1.29 is 23.1 Å². The van der Waals surface area contributed by atoms with Crippen molar-refractivity contribution in [2.24, 2.45) is 10.9 Å². The van der Waals surface area contributed by atoms with Gasteiger partial charge in [-0.25, -0.2) is 19.0 Å². The number of carbonyl (C=O) groups is 1. The van der Waals surface area contributed by atoms with E-state index in [2.05, 4.69) is 15.7 Å². The molecule has 0 radical (unpaired) electrons. The van der Waals surface area contributed by atoms with Gasteiger partial charge < -0.3 is 4.74 Å². The molecule has 0 bridgehead atoms. The maximum atomic E-state index is 15.5. The summed E-state index contributed by atoms with van der Waals surface area (Å²) in [4.78, 5) is 26.7. The number of halogens is 2. The van der Waals surface area contributed by atoms with Crippen LogP contribution in [0.3, 0.4) is 0 Å². The zero-order chi connectivity index (χ0) is 28.9. The quantitative estimate of drug-likeness (QED) is 0.514. The molecule has 2 aromatic rings. The molecule has 1 saturated carbocycles. The summed E-state index contributed by atoms with van der Waals surface area (Å²) < 4.78 is 36.0. The number of amidine groups is 1. The number of aliphatic imine (C=N–C) groups is 1. The van der Waals surface area contributed by atoms with Crippen LogP contribution in [0.1, 0.15) is 63.4 Å². The first kappa shape index (κ1) is 28.2. The van der Waals surface area contributed by atoms with Crippen molar-refractivity contribution in [3.63, 3.8) is 0 Å². The molecule has 9 nitrogen and oxygen atoms in total. The van der Waals surface area contributed by atoms with Gasteiger partial charge in [-0.2, -0.15) is 5.26 Å². The predicted molar refractivity (Wildman–Crippen MR) is 147 cm³/mol. The summed E-state index contributed by atoms with van der Waals surface area (Å²) in [6.07, 6.45) is 2.47. The number of carbonyl (C=O) groups excluding carboxylic acids is 1. The van der Waals surface area contributed by atoms with Crippen LogP contribution < -0.4 is 10.7 Å². The second-order valence-electron chi connectivity index (χ2n) is 11.3. The van der Waals surface area contributed by atoms with E-state index in [0.29, 0.717) is 24.2 Å². The maximum absolute atomic E-state index is 15.5. The zero-order valence-electron chi connectivity index (χ0n) is 22.8. The molecular weight excluding hydrogens is 538 g/mol. The molecule has 1 amide bonds. The van der Waals surface area contributed by atoms with Crippen molar-refractivity contribution in [3.8, 4) is 6.07 Å². The van der Waals surface area contributed by atoms with Gasteiger partial charge in [0.05, 0.1) is 23.4 Å². The third-order valence-electron chi connectivity index (χ3n) is 6.88. The molecule has 12 heteroatoms. The Morgan fingerprint density at radius 3 is 2.77 bits per heavy atom. The van der Waals surface area contributed by atoms with Crippen LogP contribution in [0.5, 0.6) is 0 Å². The maximum Gasteiger partial charge on any atom is 0.413 e. The lowest BCUT2D eigenvalue weighted by molar-refractivity contribution is -0.162. The van der Waals surface area contributed by atoms with E-state index in [1.807, 2.05) is 13.0 Å². The lowest BCUT2D eigenvalue weighted by Crippen LogP contribution is -2.50. The number of hydroxylamine groups is 1. The minimum Gasteiger partial charge on any atom is -0.444 e. The smallest absolute Gasteiger partial charge is 0.413 e. The largest absolute Gasteiger partial charge is 0.444 e. The first-order valence-electron chi connectivity index (χ1n) is 12.8. The van der Waals surface area contributed by atoms with Gasteiger partial charge in [0.15, 0.2) is 5.17 Å². The second-order valence-corrected chi connectivity index (χ2v) is 12.6. The normalized spacial score (nSPS) is 28.4. The number of rotatable bonds is 4. The Bertz CT molecular complexity index is 1440. The van der Waals surface area contributed by atoms with Crippen molar-refractivity contribution in [3.05, 3.63) is 64.7 Å². The number of amides is 1. The summed E-state index contributed by atoms with van der Waals surface area (Å²) in [6.45, 7) is 9.54. The summed E-state index contributed by atoms with van der Waals surface area (Å²) in [5, 5.41) is 13.6. The average molecular weight is 569 g/mol. The molecule has 1 aromatic heterocycles. The van der Waals surface area contributed by atoms with E-state index in [9.17, 15) is 4.79 Å². The van der Waals surface area contributed by atoms with E-state index in [1.54, 1.807) is 38.9 Å². The number of hydrogen-bond acceptors (Lipinski definition) is 9. The first-order chi connectivity index (χ1) is 18.8. The minimum absolute atomic E-state index is 0.0552.